The standard InChI is InChI=1S/C11H13ClN2O3S/c1-8-6-9(7-10(12)13-8)11(15)14-2-4-18(16,17)5-3-14/h6-7H,2-5H2,1H3. The highest BCUT2D eigenvalue weighted by Crippen LogP contribution is 2.14. The summed E-state index contributed by atoms with van der Waals surface area (Å²) in [5.74, 6) is -0.148. The third kappa shape index (κ3) is 3.00. The number of pyridine rings is 1. The van der Waals surface area contributed by atoms with Crippen LogP contribution in [-0.2, 0) is 9.84 Å². The van der Waals surface area contributed by atoms with E-state index in [-0.39, 0.29) is 35.7 Å². The summed E-state index contributed by atoms with van der Waals surface area (Å²) in [6, 6.07) is 3.15. The van der Waals surface area contributed by atoms with Gasteiger partial charge in [-0.2, -0.15) is 0 Å². The van der Waals surface area contributed by atoms with E-state index in [1.54, 1.807) is 13.0 Å². The minimum absolute atomic E-state index is 0.0243. The molecular formula is C11H13ClN2O3S. The molecule has 7 heteroatoms. The van der Waals surface area contributed by atoms with E-state index in [4.69, 9.17) is 11.6 Å². The van der Waals surface area contributed by atoms with Gasteiger partial charge >= 0.3 is 0 Å². The molecule has 98 valence electrons. The van der Waals surface area contributed by atoms with Gasteiger partial charge in [0.25, 0.3) is 5.91 Å². The van der Waals surface area contributed by atoms with E-state index in [0.717, 1.165) is 0 Å². The fourth-order valence-corrected chi connectivity index (χ4v) is 3.30. The number of aromatic nitrogens is 1. The van der Waals surface area contributed by atoms with Gasteiger partial charge in [-0.05, 0) is 19.1 Å². The van der Waals surface area contributed by atoms with Crippen LogP contribution in [0.5, 0.6) is 0 Å². The Balaban J connectivity index is 2.17. The quantitative estimate of drug-likeness (QED) is 0.721. The van der Waals surface area contributed by atoms with Gasteiger partial charge in [0.15, 0.2) is 9.84 Å². The second-order valence-electron chi connectivity index (χ2n) is 4.26. The van der Waals surface area contributed by atoms with Crippen LogP contribution < -0.4 is 0 Å². The summed E-state index contributed by atoms with van der Waals surface area (Å²) >= 11 is 5.80. The molecule has 0 aromatic carbocycles. The number of nitrogens with zero attached hydrogens (tertiary/aromatic N) is 2. The van der Waals surface area contributed by atoms with Gasteiger partial charge < -0.3 is 4.90 Å². The van der Waals surface area contributed by atoms with Crippen LogP contribution in [0.1, 0.15) is 16.1 Å². The summed E-state index contributed by atoms with van der Waals surface area (Å²) in [7, 11) is -2.98. The Morgan fingerprint density at radius 2 is 1.94 bits per heavy atom. The molecule has 1 aromatic rings. The highest BCUT2D eigenvalue weighted by Gasteiger charge is 2.25. The predicted molar refractivity (Wildman–Crippen MR) is 68.5 cm³/mol. The SMILES string of the molecule is Cc1cc(C(=O)N2CCS(=O)(=O)CC2)cc(Cl)n1. The molecule has 0 saturated carbocycles. The molecule has 2 heterocycles. The molecule has 1 aromatic heterocycles. The van der Waals surface area contributed by atoms with Gasteiger partial charge in [0, 0.05) is 24.3 Å². The van der Waals surface area contributed by atoms with Crippen LogP contribution in [0.15, 0.2) is 12.1 Å². The van der Waals surface area contributed by atoms with E-state index >= 15 is 0 Å². The van der Waals surface area contributed by atoms with Crippen LogP contribution >= 0.6 is 11.6 Å². The van der Waals surface area contributed by atoms with E-state index in [1.165, 1.54) is 11.0 Å². The summed E-state index contributed by atoms with van der Waals surface area (Å²) in [6.07, 6.45) is 0. The molecule has 0 atom stereocenters. The Kier molecular flexibility index (Phi) is 3.59. The highest BCUT2D eigenvalue weighted by molar-refractivity contribution is 7.91. The molecule has 0 spiro atoms. The number of sulfone groups is 1. The molecule has 0 bridgehead atoms. The molecule has 1 aliphatic rings. The van der Waals surface area contributed by atoms with Crippen molar-refractivity contribution >= 4 is 27.3 Å². The van der Waals surface area contributed by atoms with Crippen molar-refractivity contribution in [2.45, 2.75) is 6.92 Å². The van der Waals surface area contributed by atoms with E-state index < -0.39 is 9.84 Å². The van der Waals surface area contributed by atoms with Crippen molar-refractivity contribution in [3.8, 4) is 0 Å². The summed E-state index contributed by atoms with van der Waals surface area (Å²) in [5, 5.41) is 0.267. The Bertz CT molecular complexity index is 552. The van der Waals surface area contributed by atoms with Crippen molar-refractivity contribution in [1.29, 1.82) is 0 Å². The van der Waals surface area contributed by atoms with Crippen LogP contribution in [0.25, 0.3) is 0 Å². The van der Waals surface area contributed by atoms with Gasteiger partial charge in [0.05, 0.1) is 11.5 Å². The third-order valence-electron chi connectivity index (χ3n) is 2.80. The Hall–Kier alpha value is -1.14. The second kappa shape index (κ2) is 4.85. The number of aryl methyl sites for hydroxylation is 1. The zero-order chi connectivity index (χ0) is 13.3. The molecule has 0 unspecified atom stereocenters. The number of carbonyl (C=O) groups is 1. The van der Waals surface area contributed by atoms with E-state index in [9.17, 15) is 13.2 Å². The summed E-state index contributed by atoms with van der Waals surface area (Å²) < 4.78 is 22.6. The molecule has 2 rings (SSSR count). The molecule has 1 fully saturated rings. The lowest BCUT2D eigenvalue weighted by Crippen LogP contribution is -2.43. The minimum Gasteiger partial charge on any atom is -0.337 e. The maximum absolute atomic E-state index is 12.2. The zero-order valence-corrected chi connectivity index (χ0v) is 11.5. The maximum Gasteiger partial charge on any atom is 0.254 e. The van der Waals surface area contributed by atoms with Gasteiger partial charge in [0.2, 0.25) is 0 Å². The number of amides is 1. The summed E-state index contributed by atoms with van der Waals surface area (Å²) in [6.45, 7) is 2.23. The normalized spacial score (nSPS) is 18.7. The molecular weight excluding hydrogens is 276 g/mol. The number of hydrogen-bond acceptors (Lipinski definition) is 4. The van der Waals surface area contributed by atoms with Gasteiger partial charge in [-0.3, -0.25) is 4.79 Å². The zero-order valence-electron chi connectivity index (χ0n) is 9.89. The van der Waals surface area contributed by atoms with Gasteiger partial charge in [-0.1, -0.05) is 11.6 Å². The first-order chi connectivity index (χ1) is 8.37. The molecule has 1 saturated heterocycles. The molecule has 1 aliphatic heterocycles. The lowest BCUT2D eigenvalue weighted by Gasteiger charge is -2.26. The van der Waals surface area contributed by atoms with Gasteiger partial charge in [0.1, 0.15) is 5.15 Å². The van der Waals surface area contributed by atoms with Crippen molar-refractivity contribution in [2.24, 2.45) is 0 Å². The third-order valence-corrected chi connectivity index (χ3v) is 4.60. The average Bonchev–Trinajstić information content (AvgIpc) is 2.27. The Morgan fingerprint density at radius 1 is 1.33 bits per heavy atom. The maximum atomic E-state index is 12.2. The second-order valence-corrected chi connectivity index (χ2v) is 6.95. The van der Waals surface area contributed by atoms with Crippen LogP contribution in [0.2, 0.25) is 5.15 Å². The molecule has 0 aliphatic carbocycles. The topological polar surface area (TPSA) is 67.3 Å². The Labute approximate surface area is 111 Å². The predicted octanol–water partition coefficient (Wildman–Crippen LogP) is 0.914. The fourth-order valence-electron chi connectivity index (χ4n) is 1.85. The lowest BCUT2D eigenvalue weighted by atomic mass is 10.2. The first-order valence-electron chi connectivity index (χ1n) is 5.51. The summed E-state index contributed by atoms with van der Waals surface area (Å²) in [4.78, 5) is 17.7. The van der Waals surface area contributed by atoms with E-state index in [2.05, 4.69) is 4.98 Å². The van der Waals surface area contributed by atoms with Crippen molar-refractivity contribution in [1.82, 2.24) is 9.88 Å². The van der Waals surface area contributed by atoms with Crippen LogP contribution in [0, 0.1) is 6.92 Å². The monoisotopic (exact) mass is 288 g/mol. The first kappa shape index (κ1) is 13.3. The number of halogens is 1. The number of carbonyl (C=O) groups excluding carboxylic acids is 1. The van der Waals surface area contributed by atoms with Crippen LogP contribution in [-0.4, -0.2) is 48.8 Å². The van der Waals surface area contributed by atoms with Crippen LogP contribution in [0.4, 0.5) is 0 Å². The average molecular weight is 289 g/mol. The van der Waals surface area contributed by atoms with Crippen molar-refractivity contribution in [2.75, 3.05) is 24.6 Å². The number of rotatable bonds is 1. The van der Waals surface area contributed by atoms with Crippen molar-refractivity contribution < 1.29 is 13.2 Å². The fraction of sp³-hybridized carbons (Fsp3) is 0.455. The van der Waals surface area contributed by atoms with Crippen LogP contribution in [0.3, 0.4) is 0 Å². The molecule has 1 amide bonds. The van der Waals surface area contributed by atoms with Gasteiger partial charge in [-0.25, -0.2) is 13.4 Å². The molecule has 0 N–H and O–H groups in total. The molecule has 5 nitrogen and oxygen atoms in total. The lowest BCUT2D eigenvalue weighted by molar-refractivity contribution is 0.0770. The molecule has 0 radical (unpaired) electrons. The largest absolute Gasteiger partial charge is 0.337 e. The first-order valence-corrected chi connectivity index (χ1v) is 7.71. The smallest absolute Gasteiger partial charge is 0.254 e. The Morgan fingerprint density at radius 3 is 2.50 bits per heavy atom. The molecule has 18 heavy (non-hydrogen) atoms. The highest BCUT2D eigenvalue weighted by atomic mass is 35.5. The minimum atomic E-state index is -2.98. The van der Waals surface area contributed by atoms with E-state index in [0.29, 0.717) is 11.3 Å². The van der Waals surface area contributed by atoms with Crippen molar-refractivity contribution in [3.63, 3.8) is 0 Å². The summed E-state index contributed by atoms with van der Waals surface area (Å²) in [5.41, 5.74) is 1.11. The van der Waals surface area contributed by atoms with Crippen molar-refractivity contribution in [3.05, 3.63) is 28.5 Å². The van der Waals surface area contributed by atoms with Gasteiger partial charge in [-0.15, -0.1) is 0 Å². The van der Waals surface area contributed by atoms with E-state index in [1.807, 2.05) is 0 Å². The number of hydrogen-bond donors (Lipinski definition) is 0.